The van der Waals surface area contributed by atoms with Crippen molar-refractivity contribution < 1.29 is 9.90 Å². The molecular formula is C14H15NO2. The molecule has 3 heteroatoms. The lowest BCUT2D eigenvalue weighted by molar-refractivity contribution is 0.0686. The van der Waals surface area contributed by atoms with Gasteiger partial charge >= 0.3 is 5.97 Å². The third kappa shape index (κ3) is 2.56. The third-order valence-electron chi connectivity index (χ3n) is 2.81. The van der Waals surface area contributed by atoms with Crippen molar-refractivity contribution in [3.8, 4) is 0 Å². The molecule has 2 rings (SSSR count). The Morgan fingerprint density at radius 3 is 2.41 bits per heavy atom. The predicted octanol–water partition coefficient (Wildman–Crippen LogP) is 2.62. The van der Waals surface area contributed by atoms with Gasteiger partial charge in [0.15, 0.2) is 0 Å². The Morgan fingerprint density at radius 1 is 1.24 bits per heavy atom. The third-order valence-corrected chi connectivity index (χ3v) is 2.81. The predicted molar refractivity (Wildman–Crippen MR) is 66.4 cm³/mol. The van der Waals surface area contributed by atoms with Crippen LogP contribution < -0.4 is 0 Å². The number of carboxylic acids is 1. The van der Waals surface area contributed by atoms with Crippen LogP contribution in [0.1, 0.15) is 27.2 Å². The Kier molecular flexibility index (Phi) is 3.00. The summed E-state index contributed by atoms with van der Waals surface area (Å²) in [5.41, 5.74) is 3.77. The maximum Gasteiger partial charge on any atom is 0.352 e. The van der Waals surface area contributed by atoms with E-state index in [-0.39, 0.29) is 0 Å². The van der Waals surface area contributed by atoms with Crippen LogP contribution >= 0.6 is 0 Å². The van der Waals surface area contributed by atoms with Crippen LogP contribution in [0.5, 0.6) is 0 Å². The molecule has 0 atom stereocenters. The van der Waals surface area contributed by atoms with E-state index in [4.69, 9.17) is 5.11 Å². The van der Waals surface area contributed by atoms with E-state index in [1.807, 2.05) is 6.20 Å². The zero-order valence-electron chi connectivity index (χ0n) is 9.97. The zero-order valence-corrected chi connectivity index (χ0v) is 9.97. The van der Waals surface area contributed by atoms with E-state index in [1.54, 1.807) is 17.7 Å². The van der Waals surface area contributed by atoms with Gasteiger partial charge < -0.3 is 9.67 Å². The van der Waals surface area contributed by atoms with Gasteiger partial charge in [-0.3, -0.25) is 0 Å². The van der Waals surface area contributed by atoms with Gasteiger partial charge in [0.05, 0.1) is 0 Å². The summed E-state index contributed by atoms with van der Waals surface area (Å²) in [4.78, 5) is 10.9. The van der Waals surface area contributed by atoms with Crippen LogP contribution in [-0.4, -0.2) is 15.6 Å². The van der Waals surface area contributed by atoms with Crippen molar-refractivity contribution in [3.63, 3.8) is 0 Å². The first-order valence-electron chi connectivity index (χ1n) is 5.50. The maximum atomic E-state index is 10.9. The second-order valence-corrected chi connectivity index (χ2v) is 4.31. The minimum Gasteiger partial charge on any atom is -0.477 e. The number of hydrogen-bond donors (Lipinski definition) is 1. The SMILES string of the molecule is Cc1ccc(Cc2cc(C(=O)O)n(C)c2)cc1. The van der Waals surface area contributed by atoms with Gasteiger partial charge in [-0.25, -0.2) is 4.79 Å². The van der Waals surface area contributed by atoms with Crippen LogP contribution in [0, 0.1) is 6.92 Å². The Morgan fingerprint density at radius 2 is 1.88 bits per heavy atom. The molecule has 0 bridgehead atoms. The number of benzene rings is 1. The average Bonchev–Trinajstić information content (AvgIpc) is 2.63. The summed E-state index contributed by atoms with van der Waals surface area (Å²) < 4.78 is 1.64. The smallest absolute Gasteiger partial charge is 0.352 e. The number of hydrogen-bond acceptors (Lipinski definition) is 1. The van der Waals surface area contributed by atoms with Crippen molar-refractivity contribution in [2.45, 2.75) is 13.3 Å². The molecule has 1 heterocycles. The molecule has 0 unspecified atom stereocenters. The minimum atomic E-state index is -0.886. The molecule has 17 heavy (non-hydrogen) atoms. The van der Waals surface area contributed by atoms with Crippen molar-refractivity contribution in [2.75, 3.05) is 0 Å². The van der Waals surface area contributed by atoms with Gasteiger partial charge in [-0.1, -0.05) is 29.8 Å². The summed E-state index contributed by atoms with van der Waals surface area (Å²) in [6.07, 6.45) is 2.63. The van der Waals surface area contributed by atoms with E-state index in [1.165, 1.54) is 11.1 Å². The summed E-state index contributed by atoms with van der Waals surface area (Å²) in [5, 5.41) is 8.96. The normalized spacial score (nSPS) is 10.5. The number of rotatable bonds is 3. The second kappa shape index (κ2) is 4.45. The summed E-state index contributed by atoms with van der Waals surface area (Å²) >= 11 is 0. The highest BCUT2D eigenvalue weighted by atomic mass is 16.4. The van der Waals surface area contributed by atoms with E-state index in [9.17, 15) is 4.79 Å². The molecule has 0 fully saturated rings. The molecule has 0 amide bonds. The molecule has 3 nitrogen and oxygen atoms in total. The Bertz CT molecular complexity index is 538. The highest BCUT2D eigenvalue weighted by Gasteiger charge is 2.09. The topological polar surface area (TPSA) is 42.2 Å². The first-order chi connectivity index (χ1) is 8.06. The van der Waals surface area contributed by atoms with Crippen LogP contribution in [0.15, 0.2) is 36.5 Å². The lowest BCUT2D eigenvalue weighted by Gasteiger charge is -1.99. The molecule has 1 N–H and O–H groups in total. The van der Waals surface area contributed by atoms with Crippen molar-refractivity contribution in [2.24, 2.45) is 7.05 Å². The summed E-state index contributed by atoms with van der Waals surface area (Å²) in [6, 6.07) is 10.0. The maximum absolute atomic E-state index is 10.9. The Balaban J connectivity index is 2.22. The molecular weight excluding hydrogens is 214 g/mol. The molecule has 0 aliphatic carbocycles. The highest BCUT2D eigenvalue weighted by Crippen LogP contribution is 2.13. The van der Waals surface area contributed by atoms with E-state index in [0.717, 1.165) is 12.0 Å². The van der Waals surface area contributed by atoms with Gasteiger partial charge in [-0.15, -0.1) is 0 Å². The molecule has 1 aromatic carbocycles. The molecule has 0 saturated carbocycles. The highest BCUT2D eigenvalue weighted by molar-refractivity contribution is 5.86. The average molecular weight is 229 g/mol. The van der Waals surface area contributed by atoms with Crippen LogP contribution in [0.3, 0.4) is 0 Å². The molecule has 88 valence electrons. The van der Waals surface area contributed by atoms with E-state index < -0.39 is 5.97 Å². The number of aromatic carboxylic acids is 1. The monoisotopic (exact) mass is 229 g/mol. The van der Waals surface area contributed by atoms with Gasteiger partial charge in [0, 0.05) is 13.2 Å². The van der Waals surface area contributed by atoms with Gasteiger partial charge in [0.25, 0.3) is 0 Å². The molecule has 0 radical (unpaired) electrons. The Labute approximate surface area is 100 Å². The van der Waals surface area contributed by atoms with Crippen LogP contribution in [-0.2, 0) is 13.5 Å². The lowest BCUT2D eigenvalue weighted by atomic mass is 10.1. The number of carbonyl (C=O) groups is 1. The van der Waals surface area contributed by atoms with Gasteiger partial charge in [-0.2, -0.15) is 0 Å². The first-order valence-corrected chi connectivity index (χ1v) is 5.50. The molecule has 0 aliphatic heterocycles. The van der Waals surface area contributed by atoms with E-state index >= 15 is 0 Å². The quantitative estimate of drug-likeness (QED) is 0.879. The van der Waals surface area contributed by atoms with Gasteiger partial charge in [0.2, 0.25) is 0 Å². The fourth-order valence-electron chi connectivity index (χ4n) is 1.88. The van der Waals surface area contributed by atoms with Crippen molar-refractivity contribution in [3.05, 3.63) is 58.9 Å². The minimum absolute atomic E-state index is 0.326. The first kappa shape index (κ1) is 11.5. The van der Waals surface area contributed by atoms with Crippen LogP contribution in [0.25, 0.3) is 0 Å². The fraction of sp³-hybridized carbons (Fsp3) is 0.214. The number of nitrogens with zero attached hydrogens (tertiary/aromatic N) is 1. The molecule has 2 aromatic rings. The largest absolute Gasteiger partial charge is 0.477 e. The summed E-state index contributed by atoms with van der Waals surface area (Å²) in [5.74, 6) is -0.886. The van der Waals surface area contributed by atoms with E-state index in [2.05, 4.69) is 31.2 Å². The fourth-order valence-corrected chi connectivity index (χ4v) is 1.88. The molecule has 1 aromatic heterocycles. The Hall–Kier alpha value is -2.03. The van der Waals surface area contributed by atoms with Gasteiger partial charge in [0.1, 0.15) is 5.69 Å². The second-order valence-electron chi connectivity index (χ2n) is 4.31. The summed E-state index contributed by atoms with van der Waals surface area (Å²) in [6.45, 7) is 2.05. The van der Waals surface area contributed by atoms with E-state index in [0.29, 0.717) is 5.69 Å². The summed E-state index contributed by atoms with van der Waals surface area (Å²) in [7, 11) is 1.75. The van der Waals surface area contributed by atoms with Crippen molar-refractivity contribution in [1.29, 1.82) is 0 Å². The zero-order chi connectivity index (χ0) is 12.4. The number of aromatic nitrogens is 1. The van der Waals surface area contributed by atoms with Crippen LogP contribution in [0.4, 0.5) is 0 Å². The molecule has 0 spiro atoms. The number of carboxylic acid groups (broad SMARTS) is 1. The van der Waals surface area contributed by atoms with Gasteiger partial charge in [-0.05, 0) is 30.5 Å². The van der Waals surface area contributed by atoms with Crippen molar-refractivity contribution in [1.82, 2.24) is 4.57 Å². The number of aryl methyl sites for hydroxylation is 2. The molecule has 0 saturated heterocycles. The van der Waals surface area contributed by atoms with Crippen molar-refractivity contribution >= 4 is 5.97 Å². The lowest BCUT2D eigenvalue weighted by Crippen LogP contribution is -2.02. The van der Waals surface area contributed by atoms with Crippen LogP contribution in [0.2, 0.25) is 0 Å². The standard InChI is InChI=1S/C14H15NO2/c1-10-3-5-11(6-4-10)7-12-8-13(14(16)17)15(2)9-12/h3-6,8-9H,7H2,1-2H3,(H,16,17). The molecule has 0 aliphatic rings.